The highest BCUT2D eigenvalue weighted by Gasteiger charge is 2.19. The molecule has 2 saturated heterocycles. The number of aldehydes is 1. The van der Waals surface area contributed by atoms with Crippen LogP contribution in [0.2, 0.25) is 0 Å². The molecule has 0 unspecified atom stereocenters. The lowest BCUT2D eigenvalue weighted by atomic mass is 10.1. The molecule has 2 fully saturated rings. The van der Waals surface area contributed by atoms with Crippen molar-refractivity contribution in [1.82, 2.24) is 36.3 Å². The van der Waals surface area contributed by atoms with Gasteiger partial charge in [-0.05, 0) is 95.4 Å². The number of aliphatic hydroxyl groups is 1. The number of nitro groups is 2. The number of H-pyrrole nitrogens is 2. The van der Waals surface area contributed by atoms with Gasteiger partial charge in [0.2, 0.25) is 10.4 Å². The van der Waals surface area contributed by atoms with Gasteiger partial charge in [0.25, 0.3) is 22.5 Å². The molecule has 11 N–H and O–H groups in total. The van der Waals surface area contributed by atoms with Crippen LogP contribution in [0.4, 0.5) is 23.0 Å². The highest BCUT2D eigenvalue weighted by Crippen LogP contribution is 2.17. The number of benzene rings is 2. The highest BCUT2D eigenvalue weighted by atomic mass is 17.2. The van der Waals surface area contributed by atoms with Crippen LogP contribution in [0.5, 0.6) is 0 Å². The summed E-state index contributed by atoms with van der Waals surface area (Å²) in [5.74, 6) is 46.4. The Bertz CT molecular complexity index is 3600. The van der Waals surface area contributed by atoms with Crippen LogP contribution in [0.3, 0.4) is 0 Å². The van der Waals surface area contributed by atoms with Crippen molar-refractivity contribution in [3.8, 4) is 119 Å². The van der Waals surface area contributed by atoms with Crippen LogP contribution in [0, 0.1) is 145 Å². The Kier molecular flexibility index (Phi) is 40.1. The molecule has 82 heavy (non-hydrogen) atoms. The largest absolute Gasteiger partial charge is 0.472 e. The number of carboxylic acids is 1. The number of aromatic amines is 2. The van der Waals surface area contributed by atoms with Gasteiger partial charge in [0.1, 0.15) is 24.0 Å². The van der Waals surface area contributed by atoms with Crippen LogP contribution in [-0.2, 0) is 16.3 Å². The van der Waals surface area contributed by atoms with Crippen molar-refractivity contribution in [2.45, 2.75) is 20.9 Å². The van der Waals surface area contributed by atoms with Gasteiger partial charge >= 0.3 is 5.97 Å². The second-order valence-electron chi connectivity index (χ2n) is 13.9. The molecule has 4 aromatic rings. The van der Waals surface area contributed by atoms with E-state index in [0.717, 1.165) is 63.7 Å². The second kappa shape index (κ2) is 45.9. The number of nitrogens with two attached hydrogens (primary N) is 1. The minimum Gasteiger partial charge on any atom is -0.472 e. The molecule has 0 amide bonds. The molecule has 4 heterocycles. The summed E-state index contributed by atoms with van der Waals surface area (Å²) in [6, 6.07) is 15.3. The first-order valence-electron chi connectivity index (χ1n) is 22.0. The number of aliphatic hydroxyl groups excluding tert-OH is 1. The van der Waals surface area contributed by atoms with E-state index in [1.54, 1.807) is 25.0 Å². The van der Waals surface area contributed by atoms with Gasteiger partial charge < -0.3 is 51.6 Å². The molecule has 0 atom stereocenters. The monoisotopic (exact) mass is 1130 g/mol. The van der Waals surface area contributed by atoms with Crippen molar-refractivity contribution in [2.75, 3.05) is 62.2 Å². The third-order valence-electron chi connectivity index (χ3n) is 8.68. The van der Waals surface area contributed by atoms with Gasteiger partial charge in [-0.2, -0.15) is 0 Å². The first kappa shape index (κ1) is 71.7. The lowest BCUT2D eigenvalue weighted by molar-refractivity contribution is -0.873. The SMILES string of the molecule is C.C#CC#CC#CC#CC#CC#CC#CC.N.NN=NN=[N+]([O-])OO.O=C(O)C#CC#CC#CO.O=Cc1cccc([N+](=O)[O-])c1.O=c1cc(N2CCN(Cc3cccc([N+](=O)[O-])c3)CC2)nc[nH]1.O=c1cc(N2CCNCC2)nc[nH]1.[HH].[HH].[HH].[HH].[HH].[HH]. The number of nitrogens with zero attached hydrogens (tertiary/aromatic N) is 11. The van der Waals surface area contributed by atoms with Crippen LogP contribution >= 0.6 is 0 Å². The number of nitro benzene ring substituents is 2. The zero-order chi connectivity index (χ0) is 59.0. The minimum absolute atomic E-state index is 0. The number of non-ortho nitro benzene ring substituents is 2. The number of hydrogen-bond donors (Lipinski definition) is 8. The first-order valence-corrected chi connectivity index (χ1v) is 22.0. The Labute approximate surface area is 478 Å². The van der Waals surface area contributed by atoms with E-state index in [1.807, 2.05) is 17.9 Å². The lowest BCUT2D eigenvalue weighted by Gasteiger charge is -2.35. The molecule has 29 heteroatoms. The molecular weight excluding hydrogens is 1070 g/mol. The Balaban J connectivity index is -0.000000148. The Morgan fingerprint density at radius 3 is 1.72 bits per heavy atom. The molecule has 29 nitrogen and oxygen atoms in total. The molecule has 2 aliphatic heterocycles. The molecule has 0 radical (unpaired) electrons. The van der Waals surface area contributed by atoms with Crippen molar-refractivity contribution in [1.29, 1.82) is 0 Å². The van der Waals surface area contributed by atoms with E-state index in [-0.39, 0.29) is 49.6 Å². The molecule has 0 saturated carbocycles. The molecule has 432 valence electrons. The summed E-state index contributed by atoms with van der Waals surface area (Å²) in [7, 11) is 0. The number of nitrogens with one attached hydrogen (secondary N) is 3. The van der Waals surface area contributed by atoms with E-state index in [4.69, 9.17) is 21.9 Å². The van der Waals surface area contributed by atoms with Crippen LogP contribution in [0.25, 0.3) is 0 Å². The van der Waals surface area contributed by atoms with Gasteiger partial charge in [-0.3, -0.25) is 50.6 Å². The molecule has 0 aliphatic carbocycles. The van der Waals surface area contributed by atoms with Gasteiger partial charge in [-0.15, -0.1) is 6.42 Å². The number of carbonyl (C=O) groups is 2. The van der Waals surface area contributed by atoms with Crippen LogP contribution in [-0.4, -0.2) is 120 Å². The molecule has 6 rings (SSSR count). The van der Waals surface area contributed by atoms with Crippen LogP contribution in [0.1, 0.15) is 38.8 Å². The first-order chi connectivity index (χ1) is 38.7. The number of rotatable bonds is 9. The van der Waals surface area contributed by atoms with E-state index in [0.29, 0.717) is 24.2 Å². The topological polar surface area (TPSA) is 428 Å². The second-order valence-corrected chi connectivity index (χ2v) is 13.9. The summed E-state index contributed by atoms with van der Waals surface area (Å²) < 4.78 is 0. The number of carboxylic acid groups (broad SMARTS) is 1. The van der Waals surface area contributed by atoms with Crippen LogP contribution < -0.4 is 38.2 Å². The molecule has 2 aliphatic rings. The Morgan fingerprint density at radius 1 is 0.768 bits per heavy atom. The fourth-order valence-corrected chi connectivity index (χ4v) is 5.46. The summed E-state index contributed by atoms with van der Waals surface area (Å²) in [5.41, 5.74) is 1.06. The number of carbonyl (C=O) groups excluding carboxylic acids is 1. The maximum Gasteiger partial charge on any atom is 0.382 e. The Morgan fingerprint density at radius 2 is 1.26 bits per heavy atom. The highest BCUT2D eigenvalue weighted by molar-refractivity contribution is 5.87. The number of piperazine rings is 2. The third kappa shape index (κ3) is 35.0. The van der Waals surface area contributed by atoms with Gasteiger partial charge in [-0.1, -0.05) is 37.6 Å². The van der Waals surface area contributed by atoms with E-state index in [1.165, 1.54) is 61.2 Å². The average molecular weight is 1130 g/mol. The standard InChI is InChI=1S/C15H17N5O3.C15H4.C8H12N4O.C7H5NO3.C7H2O3.CH4.H3N5O3.H3N.6H2/c21-15-9-14(16-11-17-15)19-6-4-18(5-7-19)10-12-2-1-3-13(8-12)20(22)23;1-3-5-7-9-11-13-15-14-12-10-8-6-4-2;13-8-5-7(10-6-11-8)12-3-1-9-2-4-12;9-5-6-2-1-3-7(4-6)8(10)11;8-6-4-2-1-3-5-7(9)10;;1-2-3-4-5(6)8-7;;;;;;;/h1-3,8-9,11H,4-7,10H2,(H,16,17,21);1H,2H3;5-6,9H,1-4H2,(H,10,11,13);1-5H;8H,(H,9,10);1H4;7H,(H2,1,3);1H3;6*1H. The predicted molar refractivity (Wildman–Crippen MR) is 311 cm³/mol. The third-order valence-corrected chi connectivity index (χ3v) is 8.68. The summed E-state index contributed by atoms with van der Waals surface area (Å²) in [6.07, 6.45) is 9.82. The van der Waals surface area contributed by atoms with E-state index in [2.05, 4.69) is 155 Å². The summed E-state index contributed by atoms with van der Waals surface area (Å²) in [4.78, 5) is 84.9. The quantitative estimate of drug-likeness (QED) is 0.0226. The summed E-state index contributed by atoms with van der Waals surface area (Å²) in [5, 5.41) is 64.2. The maximum atomic E-state index is 11.3. The molecular formula is C53H62N16O13. The molecule has 2 aromatic heterocycles. The lowest BCUT2D eigenvalue weighted by Crippen LogP contribution is -2.46. The van der Waals surface area contributed by atoms with Gasteiger partial charge in [-0.25, -0.2) is 14.8 Å². The number of anilines is 2. The minimum atomic E-state index is -1.24. The van der Waals surface area contributed by atoms with Crippen molar-refractivity contribution >= 4 is 35.3 Å². The van der Waals surface area contributed by atoms with Crippen molar-refractivity contribution in [2.24, 2.45) is 21.5 Å². The van der Waals surface area contributed by atoms with Gasteiger partial charge in [0.05, 0.1) is 32.7 Å². The van der Waals surface area contributed by atoms with Gasteiger partial charge in [0, 0.05) is 127 Å². The fraction of sp³-hybridized carbons (Fsp3) is 0.208. The number of hydrogen-bond acceptors (Lipinski definition) is 20. The van der Waals surface area contributed by atoms with Gasteiger partial charge in [0.15, 0.2) is 0 Å². The number of aromatic nitrogens is 4. The number of terminal acetylenes is 1. The van der Waals surface area contributed by atoms with Crippen molar-refractivity contribution in [3.05, 3.63) is 131 Å². The predicted octanol–water partition coefficient (Wildman–Crippen LogP) is 3.53. The van der Waals surface area contributed by atoms with E-state index in [9.17, 15) is 44.6 Å². The zero-order valence-corrected chi connectivity index (χ0v) is 42.6. The molecule has 2 aromatic carbocycles. The van der Waals surface area contributed by atoms with Crippen molar-refractivity contribution in [3.63, 3.8) is 0 Å². The molecule has 0 bridgehead atoms. The van der Waals surface area contributed by atoms with Crippen LogP contribution in [0.15, 0.2) is 98.6 Å². The maximum absolute atomic E-state index is 11.3. The normalized spacial score (nSPS) is 10.8. The Hall–Kier alpha value is -12.4. The molecule has 0 spiro atoms. The smallest absolute Gasteiger partial charge is 0.382 e. The zero-order valence-electron chi connectivity index (χ0n) is 42.6. The van der Waals surface area contributed by atoms with Crippen molar-refractivity contribution < 1.29 is 53.5 Å². The summed E-state index contributed by atoms with van der Waals surface area (Å²) >= 11 is 0. The fourth-order valence-electron chi connectivity index (χ4n) is 5.46. The van der Waals surface area contributed by atoms with E-state index < -0.39 is 15.9 Å². The summed E-state index contributed by atoms with van der Waals surface area (Å²) in [6.45, 7) is 9.29. The number of aliphatic carboxylic acids is 1. The average Bonchev–Trinajstić information content (AvgIpc) is 3.52. The van der Waals surface area contributed by atoms with E-state index >= 15 is 0 Å².